The number of hydrogen-bond acceptors (Lipinski definition) is 5. The third kappa shape index (κ3) is 3.12. The van der Waals surface area contributed by atoms with Crippen molar-refractivity contribution in [2.75, 3.05) is 5.01 Å². The summed E-state index contributed by atoms with van der Waals surface area (Å²) in [6, 6.07) is 16.2. The second-order valence-electron chi connectivity index (χ2n) is 5.53. The van der Waals surface area contributed by atoms with Gasteiger partial charge in [-0.25, -0.2) is 4.98 Å². The molecule has 2 heterocycles. The number of allylic oxidation sites excluding steroid dienone is 3. The molecule has 0 saturated heterocycles. The summed E-state index contributed by atoms with van der Waals surface area (Å²) in [5, 5.41) is 2.97. The molecule has 1 aromatic heterocycles. The molecule has 1 aliphatic rings. The summed E-state index contributed by atoms with van der Waals surface area (Å²) in [7, 11) is 0. The number of ether oxygens (including phenoxy) is 1. The van der Waals surface area contributed by atoms with Gasteiger partial charge in [-0.3, -0.25) is 10.4 Å². The van der Waals surface area contributed by atoms with Crippen LogP contribution in [0.3, 0.4) is 0 Å². The van der Waals surface area contributed by atoms with E-state index in [9.17, 15) is 0 Å². The molecule has 5 heteroatoms. The van der Waals surface area contributed by atoms with Gasteiger partial charge >= 0.3 is 0 Å². The number of nitrogens with zero attached hydrogens (tertiary/aromatic N) is 2. The summed E-state index contributed by atoms with van der Waals surface area (Å²) in [4.78, 5) is 4.59. The summed E-state index contributed by atoms with van der Waals surface area (Å²) >= 11 is 1.67. The Labute approximate surface area is 144 Å². The van der Waals surface area contributed by atoms with Gasteiger partial charge in [-0.2, -0.15) is 0 Å². The zero-order chi connectivity index (χ0) is 16.4. The molecule has 2 aromatic carbocycles. The molecule has 1 N–H and O–H groups in total. The van der Waals surface area contributed by atoms with E-state index in [-0.39, 0.29) is 0 Å². The molecular weight excluding hydrogens is 318 g/mol. The summed E-state index contributed by atoms with van der Waals surface area (Å²) in [5.74, 6) is 0.839. The Morgan fingerprint density at radius 1 is 1.12 bits per heavy atom. The summed E-state index contributed by atoms with van der Waals surface area (Å²) in [5.41, 5.74) is 6.48. The number of nitrogens with one attached hydrogen (secondary N) is 1. The van der Waals surface area contributed by atoms with Gasteiger partial charge in [-0.15, -0.1) is 11.3 Å². The van der Waals surface area contributed by atoms with Crippen molar-refractivity contribution in [3.8, 4) is 5.75 Å². The van der Waals surface area contributed by atoms with Gasteiger partial charge in [0, 0.05) is 11.9 Å². The van der Waals surface area contributed by atoms with Gasteiger partial charge in [0.2, 0.25) is 0 Å². The van der Waals surface area contributed by atoms with E-state index in [1.165, 1.54) is 4.70 Å². The number of rotatable bonds is 4. The number of hydrogen-bond donors (Lipinski definition) is 1. The molecule has 3 aromatic rings. The molecule has 120 valence electrons. The Kier molecular flexibility index (Phi) is 3.92. The number of aromatic nitrogens is 1. The van der Waals surface area contributed by atoms with Crippen LogP contribution in [0.1, 0.15) is 11.9 Å². The smallest absolute Gasteiger partial charge is 0.140 e. The van der Waals surface area contributed by atoms with Crippen LogP contribution in [-0.2, 0) is 6.61 Å². The molecule has 4 nitrogen and oxygen atoms in total. The van der Waals surface area contributed by atoms with E-state index >= 15 is 0 Å². The van der Waals surface area contributed by atoms with Crippen molar-refractivity contribution in [1.29, 1.82) is 0 Å². The molecule has 0 spiro atoms. The molecule has 0 amide bonds. The first-order valence-electron chi connectivity index (χ1n) is 7.76. The lowest BCUT2D eigenvalue weighted by Crippen LogP contribution is -2.33. The first-order valence-corrected chi connectivity index (χ1v) is 8.58. The monoisotopic (exact) mass is 335 g/mol. The molecule has 0 bridgehead atoms. The Bertz CT molecular complexity index is 879. The largest absolute Gasteiger partial charge is 0.486 e. The van der Waals surface area contributed by atoms with E-state index in [0.717, 1.165) is 27.7 Å². The fourth-order valence-corrected chi connectivity index (χ4v) is 3.40. The van der Waals surface area contributed by atoms with Gasteiger partial charge in [0.05, 0.1) is 15.9 Å². The van der Waals surface area contributed by atoms with Crippen LogP contribution in [0.4, 0.5) is 5.69 Å². The standard InChI is InChI=1S/C19H17N3OS/c1-14-5-4-12-22(21-14)15-8-10-16(11-9-15)23-13-19-20-17-6-2-3-7-18(17)24-19/h2-12,21H,13H2,1H3. The number of para-hydroxylation sites is 1. The molecule has 0 fully saturated rings. The van der Waals surface area contributed by atoms with E-state index in [2.05, 4.69) is 16.5 Å². The van der Waals surface area contributed by atoms with Crippen molar-refractivity contribution in [2.45, 2.75) is 13.5 Å². The number of hydrazine groups is 1. The molecular formula is C19H17N3OS. The van der Waals surface area contributed by atoms with Crippen LogP contribution in [0.25, 0.3) is 10.2 Å². The van der Waals surface area contributed by atoms with Crippen LogP contribution in [0.5, 0.6) is 5.75 Å². The zero-order valence-electron chi connectivity index (χ0n) is 13.3. The predicted octanol–water partition coefficient (Wildman–Crippen LogP) is 4.62. The lowest BCUT2D eigenvalue weighted by molar-refractivity contribution is 0.306. The average Bonchev–Trinajstić information content (AvgIpc) is 3.03. The Balaban J connectivity index is 1.42. The minimum Gasteiger partial charge on any atom is -0.486 e. The fourth-order valence-electron chi connectivity index (χ4n) is 2.52. The van der Waals surface area contributed by atoms with Gasteiger partial charge in [0.15, 0.2) is 0 Å². The van der Waals surface area contributed by atoms with Crippen LogP contribution in [0.15, 0.2) is 72.6 Å². The third-order valence-corrected chi connectivity index (χ3v) is 4.70. The molecule has 0 radical (unpaired) electrons. The van der Waals surface area contributed by atoms with Crippen LogP contribution in [0.2, 0.25) is 0 Å². The molecule has 0 unspecified atom stereocenters. The average molecular weight is 335 g/mol. The Morgan fingerprint density at radius 3 is 2.75 bits per heavy atom. The topological polar surface area (TPSA) is 37.4 Å². The Hall–Kier alpha value is -2.79. The quantitative estimate of drug-likeness (QED) is 0.755. The van der Waals surface area contributed by atoms with E-state index in [4.69, 9.17) is 4.74 Å². The van der Waals surface area contributed by atoms with Gasteiger partial charge < -0.3 is 4.74 Å². The third-order valence-electron chi connectivity index (χ3n) is 3.69. The van der Waals surface area contributed by atoms with Crippen molar-refractivity contribution in [1.82, 2.24) is 10.4 Å². The predicted molar refractivity (Wildman–Crippen MR) is 98.9 cm³/mol. The van der Waals surface area contributed by atoms with Crippen LogP contribution >= 0.6 is 11.3 Å². The fraction of sp³-hybridized carbons (Fsp3) is 0.105. The summed E-state index contributed by atoms with van der Waals surface area (Å²) in [6.07, 6.45) is 6.04. The van der Waals surface area contributed by atoms with E-state index in [1.807, 2.05) is 72.7 Å². The van der Waals surface area contributed by atoms with E-state index in [1.54, 1.807) is 11.3 Å². The van der Waals surface area contributed by atoms with Crippen LogP contribution in [-0.4, -0.2) is 4.98 Å². The Morgan fingerprint density at radius 2 is 1.96 bits per heavy atom. The number of fused-ring (bicyclic) bond motifs is 1. The van der Waals surface area contributed by atoms with Gasteiger partial charge in [0.25, 0.3) is 0 Å². The highest BCUT2D eigenvalue weighted by Gasteiger charge is 2.07. The van der Waals surface area contributed by atoms with Gasteiger partial charge in [0.1, 0.15) is 17.4 Å². The second-order valence-corrected chi connectivity index (χ2v) is 6.65. The minimum absolute atomic E-state index is 0.488. The SMILES string of the molecule is CC1=CC=CN(c2ccc(OCc3nc4ccccc4s3)cc2)N1. The highest BCUT2D eigenvalue weighted by atomic mass is 32.1. The molecule has 1 aliphatic heterocycles. The van der Waals surface area contributed by atoms with Crippen LogP contribution in [0, 0.1) is 0 Å². The van der Waals surface area contributed by atoms with E-state index < -0.39 is 0 Å². The minimum atomic E-state index is 0.488. The molecule has 0 saturated carbocycles. The maximum atomic E-state index is 5.86. The number of anilines is 1. The van der Waals surface area contributed by atoms with Gasteiger partial charge in [-0.1, -0.05) is 12.1 Å². The lowest BCUT2D eigenvalue weighted by atomic mass is 10.3. The summed E-state index contributed by atoms with van der Waals surface area (Å²) in [6.45, 7) is 2.52. The van der Waals surface area contributed by atoms with Crippen molar-refractivity contribution in [3.05, 3.63) is 77.6 Å². The zero-order valence-corrected chi connectivity index (χ0v) is 14.1. The maximum absolute atomic E-state index is 5.86. The normalized spacial score (nSPS) is 13.7. The number of benzene rings is 2. The highest BCUT2D eigenvalue weighted by Crippen LogP contribution is 2.24. The van der Waals surface area contributed by atoms with Crippen molar-refractivity contribution < 1.29 is 4.74 Å². The molecule has 0 atom stereocenters. The first-order chi connectivity index (χ1) is 11.8. The maximum Gasteiger partial charge on any atom is 0.140 e. The number of thiazole rings is 1. The molecule has 0 aliphatic carbocycles. The van der Waals surface area contributed by atoms with E-state index in [0.29, 0.717) is 6.61 Å². The van der Waals surface area contributed by atoms with Crippen molar-refractivity contribution in [3.63, 3.8) is 0 Å². The molecule has 4 rings (SSSR count). The second kappa shape index (κ2) is 6.37. The summed E-state index contributed by atoms with van der Waals surface area (Å²) < 4.78 is 7.06. The molecule has 24 heavy (non-hydrogen) atoms. The van der Waals surface area contributed by atoms with Crippen LogP contribution < -0.4 is 15.2 Å². The first kappa shape index (κ1) is 14.8. The lowest BCUT2D eigenvalue weighted by Gasteiger charge is -2.25. The van der Waals surface area contributed by atoms with Crippen molar-refractivity contribution >= 4 is 27.2 Å². The van der Waals surface area contributed by atoms with Crippen molar-refractivity contribution in [2.24, 2.45) is 0 Å². The highest BCUT2D eigenvalue weighted by molar-refractivity contribution is 7.18. The van der Waals surface area contributed by atoms with Gasteiger partial charge in [-0.05, 0) is 55.5 Å².